The third-order valence-corrected chi connectivity index (χ3v) is 2.48. The molecule has 0 aliphatic rings. The number of rotatable bonds is 4. The summed E-state index contributed by atoms with van der Waals surface area (Å²) in [6.45, 7) is 8.85. The molecule has 2 amide bonds. The van der Waals surface area contributed by atoms with E-state index in [1.54, 1.807) is 29.2 Å². The Morgan fingerprint density at radius 1 is 1.41 bits per heavy atom. The fraction of sp³-hybridized carbons (Fsp3) is 0.308. The highest BCUT2D eigenvalue weighted by Crippen LogP contribution is 2.14. The third-order valence-electron chi connectivity index (χ3n) is 2.23. The summed E-state index contributed by atoms with van der Waals surface area (Å²) < 4.78 is 0. The first-order valence-corrected chi connectivity index (χ1v) is 5.86. The van der Waals surface area contributed by atoms with Crippen LogP contribution < -0.4 is 5.32 Å². The molecule has 0 unspecified atom stereocenters. The Bertz CT molecular complexity index is 400. The van der Waals surface area contributed by atoms with Crippen molar-refractivity contribution in [1.82, 2.24) is 4.90 Å². The van der Waals surface area contributed by atoms with Gasteiger partial charge < -0.3 is 10.2 Å². The van der Waals surface area contributed by atoms with Gasteiger partial charge in [-0.2, -0.15) is 0 Å². The van der Waals surface area contributed by atoms with Crippen LogP contribution in [0.4, 0.5) is 10.5 Å². The van der Waals surface area contributed by atoms with Gasteiger partial charge in [0.1, 0.15) is 0 Å². The van der Waals surface area contributed by atoms with E-state index in [9.17, 15) is 4.79 Å². The van der Waals surface area contributed by atoms with Crippen molar-refractivity contribution in [1.29, 1.82) is 0 Å². The van der Waals surface area contributed by atoms with Gasteiger partial charge in [-0.25, -0.2) is 4.79 Å². The van der Waals surface area contributed by atoms with Crippen LogP contribution in [-0.4, -0.2) is 24.0 Å². The predicted molar refractivity (Wildman–Crippen MR) is 72.5 cm³/mol. The number of carbonyl (C=O) groups is 1. The summed E-state index contributed by atoms with van der Waals surface area (Å²) in [6.07, 6.45) is 0. The largest absolute Gasteiger partial charge is 0.322 e. The average molecular weight is 253 g/mol. The zero-order valence-corrected chi connectivity index (χ0v) is 10.9. The van der Waals surface area contributed by atoms with Crippen LogP contribution in [0.15, 0.2) is 36.4 Å². The molecule has 1 rings (SSSR count). The van der Waals surface area contributed by atoms with Crippen molar-refractivity contribution in [3.8, 4) is 0 Å². The summed E-state index contributed by atoms with van der Waals surface area (Å²) in [5.41, 5.74) is 1.69. The minimum Gasteiger partial charge on any atom is -0.321 e. The SMILES string of the molecule is C=C(C)CN(CC)C(=O)Nc1ccc(Cl)cc1. The van der Waals surface area contributed by atoms with Crippen LogP contribution in [0.25, 0.3) is 0 Å². The number of benzene rings is 1. The number of halogens is 1. The summed E-state index contributed by atoms with van der Waals surface area (Å²) in [7, 11) is 0. The second-order valence-corrected chi connectivity index (χ2v) is 4.34. The first kappa shape index (κ1) is 13.6. The van der Waals surface area contributed by atoms with E-state index in [0.29, 0.717) is 18.1 Å². The van der Waals surface area contributed by atoms with Gasteiger partial charge in [-0.05, 0) is 38.1 Å². The number of nitrogens with one attached hydrogen (secondary N) is 1. The maximum atomic E-state index is 11.9. The standard InChI is InChI=1S/C13H17ClN2O/c1-4-16(9-10(2)3)13(17)15-12-7-5-11(14)6-8-12/h5-8H,2,4,9H2,1,3H3,(H,15,17). The van der Waals surface area contributed by atoms with E-state index in [2.05, 4.69) is 11.9 Å². The summed E-state index contributed by atoms with van der Waals surface area (Å²) in [4.78, 5) is 13.6. The van der Waals surface area contributed by atoms with Crippen LogP contribution in [0.5, 0.6) is 0 Å². The lowest BCUT2D eigenvalue weighted by molar-refractivity contribution is 0.218. The van der Waals surface area contributed by atoms with Gasteiger partial charge in [-0.3, -0.25) is 0 Å². The normalized spacial score (nSPS) is 9.82. The average Bonchev–Trinajstić information content (AvgIpc) is 2.28. The molecule has 1 aromatic rings. The Hall–Kier alpha value is -1.48. The topological polar surface area (TPSA) is 32.3 Å². The number of anilines is 1. The van der Waals surface area contributed by atoms with Gasteiger partial charge in [-0.1, -0.05) is 23.8 Å². The summed E-state index contributed by atoms with van der Waals surface area (Å²) in [5, 5.41) is 3.46. The molecule has 3 nitrogen and oxygen atoms in total. The van der Waals surface area contributed by atoms with Gasteiger partial charge in [0.2, 0.25) is 0 Å². The molecule has 0 atom stereocenters. The van der Waals surface area contributed by atoms with E-state index in [1.165, 1.54) is 0 Å². The van der Waals surface area contributed by atoms with Crippen molar-refractivity contribution in [2.75, 3.05) is 18.4 Å². The number of carbonyl (C=O) groups excluding carboxylic acids is 1. The molecule has 0 aromatic heterocycles. The highest BCUT2D eigenvalue weighted by atomic mass is 35.5. The molecule has 0 aliphatic carbocycles. The molecule has 4 heteroatoms. The maximum absolute atomic E-state index is 11.9. The molecule has 1 aromatic carbocycles. The first-order valence-electron chi connectivity index (χ1n) is 5.48. The van der Waals surface area contributed by atoms with Crippen molar-refractivity contribution in [3.63, 3.8) is 0 Å². The molecule has 0 fully saturated rings. The number of nitrogens with zero attached hydrogens (tertiary/aromatic N) is 1. The maximum Gasteiger partial charge on any atom is 0.322 e. The van der Waals surface area contributed by atoms with E-state index < -0.39 is 0 Å². The van der Waals surface area contributed by atoms with Crippen LogP contribution >= 0.6 is 11.6 Å². The quantitative estimate of drug-likeness (QED) is 0.813. The fourth-order valence-corrected chi connectivity index (χ4v) is 1.51. The zero-order valence-electron chi connectivity index (χ0n) is 10.2. The number of hydrogen-bond acceptors (Lipinski definition) is 1. The predicted octanol–water partition coefficient (Wildman–Crippen LogP) is 3.77. The molecule has 0 aliphatic heterocycles. The Balaban J connectivity index is 2.63. The lowest BCUT2D eigenvalue weighted by Crippen LogP contribution is -2.35. The molecule has 17 heavy (non-hydrogen) atoms. The monoisotopic (exact) mass is 252 g/mol. The van der Waals surface area contributed by atoms with E-state index in [4.69, 9.17) is 11.6 Å². The Kier molecular flexibility index (Phi) is 5.04. The molecule has 0 saturated heterocycles. The first-order chi connectivity index (χ1) is 8.02. The smallest absolute Gasteiger partial charge is 0.321 e. The van der Waals surface area contributed by atoms with Gasteiger partial charge in [0.05, 0.1) is 0 Å². The van der Waals surface area contributed by atoms with Gasteiger partial charge in [0, 0.05) is 23.8 Å². The summed E-state index contributed by atoms with van der Waals surface area (Å²) in [6, 6.07) is 6.90. The Morgan fingerprint density at radius 3 is 2.47 bits per heavy atom. The summed E-state index contributed by atoms with van der Waals surface area (Å²) >= 11 is 5.77. The minimum absolute atomic E-state index is 0.127. The van der Waals surface area contributed by atoms with Crippen LogP contribution in [-0.2, 0) is 0 Å². The van der Waals surface area contributed by atoms with E-state index in [0.717, 1.165) is 11.3 Å². The van der Waals surface area contributed by atoms with Crippen LogP contribution in [0.3, 0.4) is 0 Å². The van der Waals surface area contributed by atoms with Gasteiger partial charge in [0.15, 0.2) is 0 Å². The number of urea groups is 1. The molecule has 0 saturated carbocycles. The van der Waals surface area contributed by atoms with Crippen molar-refractivity contribution in [2.45, 2.75) is 13.8 Å². The Morgan fingerprint density at radius 2 is 2.00 bits per heavy atom. The Labute approximate surface area is 107 Å². The number of amides is 2. The van der Waals surface area contributed by atoms with Gasteiger partial charge in [0.25, 0.3) is 0 Å². The molecular weight excluding hydrogens is 236 g/mol. The van der Waals surface area contributed by atoms with E-state index >= 15 is 0 Å². The summed E-state index contributed by atoms with van der Waals surface area (Å²) in [5.74, 6) is 0. The number of likely N-dealkylation sites (N-methyl/N-ethyl adjacent to an activating group) is 1. The lowest BCUT2D eigenvalue weighted by Gasteiger charge is -2.21. The molecule has 92 valence electrons. The molecule has 0 bridgehead atoms. The molecule has 1 N–H and O–H groups in total. The van der Waals surface area contributed by atoms with E-state index in [1.807, 2.05) is 13.8 Å². The van der Waals surface area contributed by atoms with Crippen molar-refractivity contribution >= 4 is 23.3 Å². The molecule has 0 heterocycles. The minimum atomic E-state index is -0.127. The zero-order chi connectivity index (χ0) is 12.8. The van der Waals surface area contributed by atoms with Crippen molar-refractivity contribution in [3.05, 3.63) is 41.4 Å². The van der Waals surface area contributed by atoms with Crippen molar-refractivity contribution < 1.29 is 4.79 Å². The van der Waals surface area contributed by atoms with Crippen molar-refractivity contribution in [2.24, 2.45) is 0 Å². The molecule has 0 radical (unpaired) electrons. The van der Waals surface area contributed by atoms with Crippen LogP contribution in [0.2, 0.25) is 5.02 Å². The van der Waals surface area contributed by atoms with Gasteiger partial charge >= 0.3 is 6.03 Å². The molecular formula is C13H17ClN2O. The van der Waals surface area contributed by atoms with E-state index in [-0.39, 0.29) is 6.03 Å². The third kappa shape index (κ3) is 4.49. The fourth-order valence-electron chi connectivity index (χ4n) is 1.39. The lowest BCUT2D eigenvalue weighted by atomic mass is 10.3. The highest BCUT2D eigenvalue weighted by molar-refractivity contribution is 6.30. The van der Waals surface area contributed by atoms with Crippen LogP contribution in [0, 0.1) is 0 Å². The highest BCUT2D eigenvalue weighted by Gasteiger charge is 2.11. The van der Waals surface area contributed by atoms with Gasteiger partial charge in [-0.15, -0.1) is 0 Å². The number of hydrogen-bond donors (Lipinski definition) is 1. The second kappa shape index (κ2) is 6.30. The second-order valence-electron chi connectivity index (χ2n) is 3.91. The molecule has 0 spiro atoms. The van der Waals surface area contributed by atoms with Crippen LogP contribution in [0.1, 0.15) is 13.8 Å².